The van der Waals surface area contributed by atoms with Crippen LogP contribution in [0.25, 0.3) is 0 Å². The summed E-state index contributed by atoms with van der Waals surface area (Å²) in [6.07, 6.45) is 5.62. The second-order valence-corrected chi connectivity index (χ2v) is 5.35. The van der Waals surface area contributed by atoms with Gasteiger partial charge in [0.1, 0.15) is 5.75 Å². The third-order valence-electron chi connectivity index (χ3n) is 3.98. The molecule has 2 N–H and O–H groups in total. The Kier molecular flexibility index (Phi) is 5.67. The minimum atomic E-state index is 0.319. The Bertz CT molecular complexity index is 375. The third kappa shape index (κ3) is 3.95. The number of unbranched alkanes of at least 4 members (excludes halogenated alkanes) is 2. The summed E-state index contributed by atoms with van der Waals surface area (Å²) >= 11 is 0. The molecule has 0 bridgehead atoms. The minimum Gasteiger partial charge on any atom is -0.496 e. The lowest BCUT2D eigenvalue weighted by Gasteiger charge is -2.37. The molecule has 19 heavy (non-hydrogen) atoms. The van der Waals surface area contributed by atoms with E-state index < -0.39 is 0 Å². The van der Waals surface area contributed by atoms with Gasteiger partial charge in [0.05, 0.1) is 7.11 Å². The molecule has 0 radical (unpaired) electrons. The van der Waals surface area contributed by atoms with E-state index in [9.17, 15) is 0 Å². The smallest absolute Gasteiger partial charge is 0.122 e. The van der Waals surface area contributed by atoms with Crippen molar-refractivity contribution in [1.82, 2.24) is 5.32 Å². The Hall–Kier alpha value is -1.06. The largest absolute Gasteiger partial charge is 0.496 e. The molecule has 2 rings (SSSR count). The average molecular weight is 263 g/mol. The topological polar surface area (TPSA) is 41.5 Å². The second-order valence-electron chi connectivity index (χ2n) is 5.35. The van der Waals surface area contributed by atoms with Crippen LogP contribution in [0, 0.1) is 0 Å². The molecule has 0 unspecified atom stereocenters. The highest BCUT2D eigenvalue weighted by Gasteiger charge is 2.31. The number of para-hydroxylation sites is 1. The maximum absolute atomic E-state index is 8.71. The Labute approximate surface area is 116 Å². The van der Waals surface area contributed by atoms with Gasteiger partial charge >= 0.3 is 0 Å². The van der Waals surface area contributed by atoms with Gasteiger partial charge in [0.2, 0.25) is 0 Å². The summed E-state index contributed by atoms with van der Waals surface area (Å²) in [7, 11) is 1.74. The maximum Gasteiger partial charge on any atom is 0.122 e. The molecule has 0 amide bonds. The molecule has 3 heteroatoms. The number of nitrogens with one attached hydrogen (secondary N) is 1. The van der Waals surface area contributed by atoms with Crippen LogP contribution in [0.4, 0.5) is 0 Å². The Balaban J connectivity index is 1.68. The summed E-state index contributed by atoms with van der Waals surface area (Å²) in [5.41, 5.74) is 1.35. The highest BCUT2D eigenvalue weighted by Crippen LogP contribution is 2.40. The van der Waals surface area contributed by atoms with E-state index in [1.165, 1.54) is 18.4 Å². The minimum absolute atomic E-state index is 0.319. The van der Waals surface area contributed by atoms with E-state index in [0.717, 1.165) is 31.6 Å². The van der Waals surface area contributed by atoms with Crippen LogP contribution < -0.4 is 10.1 Å². The standard InChI is InChI=1S/C16H25NO2/c1-19-16-8-4-3-7-15(16)13-11-14(12-13)17-9-5-2-6-10-18/h3-4,7-8,13-14,17-18H,2,5-6,9-12H2,1H3. The van der Waals surface area contributed by atoms with Gasteiger partial charge in [-0.25, -0.2) is 0 Å². The molecule has 1 aliphatic rings. The van der Waals surface area contributed by atoms with Crippen LogP contribution in [0.15, 0.2) is 24.3 Å². The summed E-state index contributed by atoms with van der Waals surface area (Å²) in [6, 6.07) is 9.00. The first-order valence-electron chi connectivity index (χ1n) is 7.32. The highest BCUT2D eigenvalue weighted by molar-refractivity contribution is 5.37. The number of methoxy groups -OCH3 is 1. The van der Waals surface area contributed by atoms with Gasteiger partial charge in [0.25, 0.3) is 0 Å². The van der Waals surface area contributed by atoms with Crippen molar-refractivity contribution in [3.63, 3.8) is 0 Å². The summed E-state index contributed by atoms with van der Waals surface area (Å²) < 4.78 is 5.42. The van der Waals surface area contributed by atoms with Gasteiger partial charge in [-0.05, 0) is 56.2 Å². The molecule has 106 valence electrons. The molecular weight excluding hydrogens is 238 g/mol. The van der Waals surface area contributed by atoms with Crippen molar-refractivity contribution in [3.8, 4) is 5.75 Å². The number of hydrogen-bond acceptors (Lipinski definition) is 3. The van der Waals surface area contributed by atoms with Crippen LogP contribution in [-0.4, -0.2) is 31.4 Å². The van der Waals surface area contributed by atoms with Crippen LogP contribution in [0.3, 0.4) is 0 Å². The van der Waals surface area contributed by atoms with Crippen molar-refractivity contribution in [2.24, 2.45) is 0 Å². The van der Waals surface area contributed by atoms with E-state index in [4.69, 9.17) is 9.84 Å². The molecule has 0 heterocycles. The molecular formula is C16H25NO2. The first-order valence-corrected chi connectivity index (χ1v) is 7.32. The predicted molar refractivity (Wildman–Crippen MR) is 77.7 cm³/mol. The molecule has 1 aromatic carbocycles. The number of aliphatic hydroxyl groups is 1. The lowest BCUT2D eigenvalue weighted by atomic mass is 9.75. The summed E-state index contributed by atoms with van der Waals surface area (Å²) in [4.78, 5) is 0. The van der Waals surface area contributed by atoms with E-state index in [1.807, 2.05) is 12.1 Å². The molecule has 0 aliphatic heterocycles. The first-order chi connectivity index (χ1) is 9.35. The van der Waals surface area contributed by atoms with Gasteiger partial charge in [-0.15, -0.1) is 0 Å². The van der Waals surface area contributed by atoms with Gasteiger partial charge in [-0.1, -0.05) is 18.2 Å². The van der Waals surface area contributed by atoms with Crippen LogP contribution >= 0.6 is 0 Å². The van der Waals surface area contributed by atoms with E-state index in [2.05, 4.69) is 17.4 Å². The van der Waals surface area contributed by atoms with Crippen molar-refractivity contribution >= 4 is 0 Å². The zero-order chi connectivity index (χ0) is 13.5. The SMILES string of the molecule is COc1ccccc1C1CC(NCCCCCO)C1. The van der Waals surface area contributed by atoms with Crippen LogP contribution in [0.2, 0.25) is 0 Å². The fourth-order valence-electron chi connectivity index (χ4n) is 2.76. The molecule has 1 fully saturated rings. The molecule has 0 spiro atoms. The van der Waals surface area contributed by atoms with E-state index in [0.29, 0.717) is 18.6 Å². The van der Waals surface area contributed by atoms with Crippen LogP contribution in [0.5, 0.6) is 5.75 Å². The van der Waals surface area contributed by atoms with Gasteiger partial charge in [-0.2, -0.15) is 0 Å². The molecule has 1 aliphatic carbocycles. The lowest BCUT2D eigenvalue weighted by molar-refractivity contribution is 0.271. The predicted octanol–water partition coefficient (Wildman–Crippen LogP) is 2.69. The summed E-state index contributed by atoms with van der Waals surface area (Å²) in [5, 5.41) is 12.3. The third-order valence-corrected chi connectivity index (χ3v) is 3.98. The summed E-state index contributed by atoms with van der Waals surface area (Å²) in [5.74, 6) is 1.67. The number of aliphatic hydroxyl groups excluding tert-OH is 1. The van der Waals surface area contributed by atoms with E-state index >= 15 is 0 Å². The number of hydrogen-bond donors (Lipinski definition) is 2. The Morgan fingerprint density at radius 2 is 2.00 bits per heavy atom. The molecule has 0 atom stereocenters. The molecule has 0 aromatic heterocycles. The van der Waals surface area contributed by atoms with E-state index in [1.54, 1.807) is 7.11 Å². The van der Waals surface area contributed by atoms with Crippen molar-refractivity contribution in [2.75, 3.05) is 20.3 Å². The fraction of sp³-hybridized carbons (Fsp3) is 0.625. The van der Waals surface area contributed by atoms with E-state index in [-0.39, 0.29) is 0 Å². The van der Waals surface area contributed by atoms with Gasteiger partial charge in [0, 0.05) is 12.6 Å². The number of ether oxygens (including phenoxy) is 1. The highest BCUT2D eigenvalue weighted by atomic mass is 16.5. The zero-order valence-corrected chi connectivity index (χ0v) is 11.8. The van der Waals surface area contributed by atoms with Gasteiger partial charge < -0.3 is 15.2 Å². The van der Waals surface area contributed by atoms with Crippen molar-refractivity contribution < 1.29 is 9.84 Å². The second kappa shape index (κ2) is 7.51. The molecule has 0 saturated heterocycles. The quantitative estimate of drug-likeness (QED) is 0.709. The Morgan fingerprint density at radius 3 is 2.74 bits per heavy atom. The van der Waals surface area contributed by atoms with Crippen molar-refractivity contribution in [2.45, 2.75) is 44.1 Å². The van der Waals surface area contributed by atoms with Crippen molar-refractivity contribution in [1.29, 1.82) is 0 Å². The molecule has 1 aromatic rings. The first kappa shape index (κ1) is 14.4. The molecule has 3 nitrogen and oxygen atoms in total. The molecule has 1 saturated carbocycles. The van der Waals surface area contributed by atoms with Crippen molar-refractivity contribution in [3.05, 3.63) is 29.8 Å². The van der Waals surface area contributed by atoms with Gasteiger partial charge in [-0.3, -0.25) is 0 Å². The van der Waals surface area contributed by atoms with Crippen LogP contribution in [-0.2, 0) is 0 Å². The monoisotopic (exact) mass is 263 g/mol. The normalized spacial score (nSPS) is 22.0. The number of rotatable bonds is 8. The Morgan fingerprint density at radius 1 is 1.21 bits per heavy atom. The maximum atomic E-state index is 8.71. The fourth-order valence-corrected chi connectivity index (χ4v) is 2.76. The lowest BCUT2D eigenvalue weighted by Crippen LogP contribution is -2.40. The average Bonchev–Trinajstić information content (AvgIpc) is 2.40. The number of benzene rings is 1. The van der Waals surface area contributed by atoms with Crippen LogP contribution in [0.1, 0.15) is 43.6 Å². The summed E-state index contributed by atoms with van der Waals surface area (Å²) in [6.45, 7) is 1.39. The van der Waals surface area contributed by atoms with Gasteiger partial charge in [0.15, 0.2) is 0 Å². The zero-order valence-electron chi connectivity index (χ0n) is 11.8.